The first kappa shape index (κ1) is 12.5. The Hall–Kier alpha value is -1.94. The standard InChI is InChI=1S/C14H17N3O/c1-15-14(18)6-8-16-10-11-4-5-13-12(9-11)3-2-7-17-13/h2-5,7,9,16H,6,8,10H2,1H3,(H,15,18). The van der Waals surface area contributed by atoms with Gasteiger partial charge in [0.1, 0.15) is 0 Å². The van der Waals surface area contributed by atoms with Gasteiger partial charge in [0.2, 0.25) is 5.91 Å². The van der Waals surface area contributed by atoms with Crippen molar-refractivity contribution in [3.8, 4) is 0 Å². The number of nitrogens with one attached hydrogen (secondary N) is 2. The zero-order valence-corrected chi connectivity index (χ0v) is 10.4. The van der Waals surface area contributed by atoms with E-state index in [1.165, 1.54) is 5.56 Å². The molecular formula is C14H17N3O. The SMILES string of the molecule is CNC(=O)CCNCc1ccc2ncccc2c1. The van der Waals surface area contributed by atoms with Gasteiger partial charge in [-0.15, -0.1) is 0 Å². The molecule has 0 saturated heterocycles. The molecule has 1 amide bonds. The van der Waals surface area contributed by atoms with Crippen LogP contribution in [0, 0.1) is 0 Å². The van der Waals surface area contributed by atoms with Crippen LogP contribution in [0.15, 0.2) is 36.5 Å². The number of nitrogens with zero attached hydrogens (tertiary/aromatic N) is 1. The summed E-state index contributed by atoms with van der Waals surface area (Å²) in [6.07, 6.45) is 2.30. The molecule has 1 aromatic heterocycles. The molecule has 0 aliphatic rings. The zero-order valence-electron chi connectivity index (χ0n) is 10.4. The third kappa shape index (κ3) is 3.28. The maximum Gasteiger partial charge on any atom is 0.221 e. The number of amides is 1. The predicted molar refractivity (Wildman–Crippen MR) is 72.1 cm³/mol. The predicted octanol–water partition coefficient (Wildman–Crippen LogP) is 1.46. The van der Waals surface area contributed by atoms with E-state index in [2.05, 4.69) is 33.8 Å². The molecule has 0 aliphatic heterocycles. The molecule has 0 aliphatic carbocycles. The maximum atomic E-state index is 11.0. The van der Waals surface area contributed by atoms with E-state index in [9.17, 15) is 4.79 Å². The minimum absolute atomic E-state index is 0.0604. The van der Waals surface area contributed by atoms with E-state index in [0.717, 1.165) is 17.4 Å². The van der Waals surface area contributed by atoms with Gasteiger partial charge in [-0.3, -0.25) is 9.78 Å². The van der Waals surface area contributed by atoms with Crippen LogP contribution in [0.3, 0.4) is 0 Å². The van der Waals surface area contributed by atoms with Gasteiger partial charge in [-0.05, 0) is 23.8 Å². The lowest BCUT2D eigenvalue weighted by Gasteiger charge is -2.05. The van der Waals surface area contributed by atoms with Gasteiger partial charge in [-0.25, -0.2) is 0 Å². The van der Waals surface area contributed by atoms with Crippen molar-refractivity contribution < 1.29 is 4.79 Å². The van der Waals surface area contributed by atoms with Crippen molar-refractivity contribution in [2.24, 2.45) is 0 Å². The highest BCUT2D eigenvalue weighted by Crippen LogP contribution is 2.12. The Kier molecular flexibility index (Phi) is 4.25. The van der Waals surface area contributed by atoms with Gasteiger partial charge < -0.3 is 10.6 Å². The second-order valence-corrected chi connectivity index (χ2v) is 4.13. The number of carbonyl (C=O) groups excluding carboxylic acids is 1. The van der Waals surface area contributed by atoms with Crippen LogP contribution >= 0.6 is 0 Å². The molecule has 2 aromatic rings. The monoisotopic (exact) mass is 243 g/mol. The second-order valence-electron chi connectivity index (χ2n) is 4.13. The lowest BCUT2D eigenvalue weighted by atomic mass is 10.1. The third-order valence-electron chi connectivity index (χ3n) is 2.80. The Balaban J connectivity index is 1.90. The van der Waals surface area contributed by atoms with E-state index in [-0.39, 0.29) is 5.91 Å². The fraction of sp³-hybridized carbons (Fsp3) is 0.286. The van der Waals surface area contributed by atoms with Crippen LogP contribution in [-0.2, 0) is 11.3 Å². The van der Waals surface area contributed by atoms with Crippen molar-refractivity contribution in [1.29, 1.82) is 0 Å². The summed E-state index contributed by atoms with van der Waals surface area (Å²) in [5, 5.41) is 6.99. The first-order valence-electron chi connectivity index (χ1n) is 6.04. The number of aromatic nitrogens is 1. The van der Waals surface area contributed by atoms with E-state index in [1.807, 2.05) is 12.1 Å². The van der Waals surface area contributed by atoms with Gasteiger partial charge in [0.05, 0.1) is 5.52 Å². The Morgan fingerprint density at radius 3 is 3.06 bits per heavy atom. The molecule has 0 spiro atoms. The highest BCUT2D eigenvalue weighted by Gasteiger charge is 1.99. The number of pyridine rings is 1. The zero-order chi connectivity index (χ0) is 12.8. The highest BCUT2D eigenvalue weighted by molar-refractivity contribution is 5.78. The van der Waals surface area contributed by atoms with E-state index < -0.39 is 0 Å². The van der Waals surface area contributed by atoms with E-state index >= 15 is 0 Å². The molecule has 0 fully saturated rings. The molecule has 94 valence electrons. The maximum absolute atomic E-state index is 11.0. The molecule has 0 saturated carbocycles. The average Bonchev–Trinajstić information content (AvgIpc) is 2.43. The van der Waals surface area contributed by atoms with E-state index in [4.69, 9.17) is 0 Å². The minimum Gasteiger partial charge on any atom is -0.359 e. The molecule has 0 atom stereocenters. The second kappa shape index (κ2) is 6.12. The fourth-order valence-electron chi connectivity index (χ4n) is 1.79. The molecule has 0 bridgehead atoms. The van der Waals surface area contributed by atoms with Gasteiger partial charge in [-0.1, -0.05) is 12.1 Å². The number of hydrogen-bond acceptors (Lipinski definition) is 3. The molecule has 4 heteroatoms. The summed E-state index contributed by atoms with van der Waals surface area (Å²) >= 11 is 0. The molecule has 18 heavy (non-hydrogen) atoms. The molecule has 2 N–H and O–H groups in total. The number of benzene rings is 1. The van der Waals surface area contributed by atoms with Gasteiger partial charge in [0.15, 0.2) is 0 Å². The Morgan fingerprint density at radius 2 is 2.22 bits per heavy atom. The van der Waals surface area contributed by atoms with Crippen molar-refractivity contribution in [3.05, 3.63) is 42.1 Å². The van der Waals surface area contributed by atoms with Gasteiger partial charge in [0.25, 0.3) is 0 Å². The van der Waals surface area contributed by atoms with Crippen LogP contribution in [0.25, 0.3) is 10.9 Å². The molecule has 0 unspecified atom stereocenters. The lowest BCUT2D eigenvalue weighted by Crippen LogP contribution is -2.24. The Bertz CT molecular complexity index is 539. The summed E-state index contributed by atoms with van der Waals surface area (Å²) in [4.78, 5) is 15.3. The summed E-state index contributed by atoms with van der Waals surface area (Å²) in [7, 11) is 1.65. The minimum atomic E-state index is 0.0604. The first-order valence-corrected chi connectivity index (χ1v) is 6.04. The quantitative estimate of drug-likeness (QED) is 0.782. The van der Waals surface area contributed by atoms with Crippen molar-refractivity contribution in [2.45, 2.75) is 13.0 Å². The normalized spacial score (nSPS) is 10.5. The molecule has 0 radical (unpaired) electrons. The summed E-state index contributed by atoms with van der Waals surface area (Å²) < 4.78 is 0. The third-order valence-corrected chi connectivity index (χ3v) is 2.80. The summed E-state index contributed by atoms with van der Waals surface area (Å²) in [6, 6.07) is 10.2. The summed E-state index contributed by atoms with van der Waals surface area (Å²) in [5.74, 6) is 0.0604. The van der Waals surface area contributed by atoms with Crippen LogP contribution in [-0.4, -0.2) is 24.5 Å². The number of hydrogen-bond donors (Lipinski definition) is 2. The van der Waals surface area contributed by atoms with Crippen molar-refractivity contribution in [3.63, 3.8) is 0 Å². The average molecular weight is 243 g/mol. The van der Waals surface area contributed by atoms with E-state index in [0.29, 0.717) is 13.0 Å². The Labute approximate surface area is 106 Å². The number of carbonyl (C=O) groups is 1. The van der Waals surface area contributed by atoms with Gasteiger partial charge >= 0.3 is 0 Å². The number of fused-ring (bicyclic) bond motifs is 1. The van der Waals surface area contributed by atoms with Crippen LogP contribution in [0.5, 0.6) is 0 Å². The van der Waals surface area contributed by atoms with Crippen molar-refractivity contribution in [2.75, 3.05) is 13.6 Å². The summed E-state index contributed by atoms with van der Waals surface area (Å²) in [5.41, 5.74) is 2.21. The summed E-state index contributed by atoms with van der Waals surface area (Å²) in [6.45, 7) is 1.45. The van der Waals surface area contributed by atoms with E-state index in [1.54, 1.807) is 13.2 Å². The first-order chi connectivity index (χ1) is 8.79. The molecule has 1 heterocycles. The van der Waals surface area contributed by atoms with Crippen LogP contribution in [0.2, 0.25) is 0 Å². The highest BCUT2D eigenvalue weighted by atomic mass is 16.1. The van der Waals surface area contributed by atoms with Gasteiger partial charge in [0, 0.05) is 38.1 Å². The fourth-order valence-corrected chi connectivity index (χ4v) is 1.79. The van der Waals surface area contributed by atoms with Crippen molar-refractivity contribution >= 4 is 16.8 Å². The number of rotatable bonds is 5. The lowest BCUT2D eigenvalue weighted by molar-refractivity contribution is -0.120. The van der Waals surface area contributed by atoms with Crippen LogP contribution in [0.1, 0.15) is 12.0 Å². The smallest absolute Gasteiger partial charge is 0.221 e. The Morgan fingerprint density at radius 1 is 1.33 bits per heavy atom. The molecular weight excluding hydrogens is 226 g/mol. The van der Waals surface area contributed by atoms with Gasteiger partial charge in [-0.2, -0.15) is 0 Å². The van der Waals surface area contributed by atoms with Crippen LogP contribution < -0.4 is 10.6 Å². The molecule has 1 aromatic carbocycles. The topological polar surface area (TPSA) is 54.0 Å². The van der Waals surface area contributed by atoms with Crippen LogP contribution in [0.4, 0.5) is 0 Å². The molecule has 2 rings (SSSR count). The largest absolute Gasteiger partial charge is 0.359 e. The molecule has 4 nitrogen and oxygen atoms in total. The van der Waals surface area contributed by atoms with Crippen molar-refractivity contribution in [1.82, 2.24) is 15.6 Å².